The second-order valence-corrected chi connectivity index (χ2v) is 7.69. The van der Waals surface area contributed by atoms with Crippen LogP contribution < -0.4 is 0 Å². The molecular formula is C12H10Cl4O4. The average Bonchev–Trinajstić information content (AvgIpc) is 2.33. The molecule has 0 aliphatic heterocycles. The molecule has 0 spiro atoms. The molecule has 20 heavy (non-hydrogen) atoms. The summed E-state index contributed by atoms with van der Waals surface area (Å²) in [5, 5.41) is 18.6. The first-order valence-electron chi connectivity index (χ1n) is 5.68. The predicted octanol–water partition coefficient (Wildman–Crippen LogP) is 3.11. The Kier molecular flexibility index (Phi) is 4.06. The van der Waals surface area contributed by atoms with Crippen molar-refractivity contribution >= 4 is 58.3 Å². The summed E-state index contributed by atoms with van der Waals surface area (Å²) in [6.07, 6.45) is 6.48. The monoisotopic (exact) mass is 358 g/mol. The van der Waals surface area contributed by atoms with Crippen molar-refractivity contribution in [2.24, 2.45) is 23.7 Å². The van der Waals surface area contributed by atoms with Crippen molar-refractivity contribution in [3.8, 4) is 0 Å². The van der Waals surface area contributed by atoms with E-state index in [1.54, 1.807) is 24.3 Å². The Labute approximate surface area is 134 Å². The lowest BCUT2D eigenvalue weighted by atomic mass is 9.65. The van der Waals surface area contributed by atoms with E-state index < -0.39 is 44.3 Å². The zero-order valence-electron chi connectivity index (χ0n) is 9.84. The molecule has 1 saturated carbocycles. The Hall–Kier alpha value is -0.420. The fourth-order valence-electron chi connectivity index (χ4n) is 2.82. The summed E-state index contributed by atoms with van der Waals surface area (Å²) in [5.41, 5.74) is 0. The van der Waals surface area contributed by atoms with Crippen LogP contribution in [0.1, 0.15) is 0 Å². The predicted molar refractivity (Wildman–Crippen MR) is 76.4 cm³/mol. The zero-order valence-corrected chi connectivity index (χ0v) is 12.9. The molecular weight excluding hydrogens is 350 g/mol. The molecule has 0 radical (unpaired) electrons. The highest BCUT2D eigenvalue weighted by atomic mass is 35.5. The van der Waals surface area contributed by atoms with Gasteiger partial charge in [0, 0.05) is 11.8 Å². The molecule has 0 aromatic heterocycles. The third kappa shape index (κ3) is 2.23. The van der Waals surface area contributed by atoms with E-state index in [9.17, 15) is 19.8 Å². The molecule has 2 aliphatic rings. The molecule has 0 bridgehead atoms. The van der Waals surface area contributed by atoms with Gasteiger partial charge in [0.1, 0.15) is 20.5 Å². The van der Waals surface area contributed by atoms with Gasteiger partial charge in [0.25, 0.3) is 0 Å². The fraction of sp³-hybridized carbons (Fsp3) is 0.500. The van der Waals surface area contributed by atoms with Gasteiger partial charge in [-0.15, -0.1) is 0 Å². The molecule has 2 rings (SSSR count). The molecule has 0 aromatic carbocycles. The van der Waals surface area contributed by atoms with Crippen LogP contribution in [0, 0.1) is 23.7 Å². The Morgan fingerprint density at radius 3 is 1.35 bits per heavy atom. The van der Waals surface area contributed by atoms with Crippen LogP contribution in [0.4, 0.5) is 0 Å². The molecule has 0 heterocycles. The van der Waals surface area contributed by atoms with E-state index in [1.165, 1.54) is 0 Å². The van der Waals surface area contributed by atoms with Crippen molar-refractivity contribution in [2.45, 2.75) is 8.67 Å². The first kappa shape index (κ1) is 16.0. The van der Waals surface area contributed by atoms with E-state index in [2.05, 4.69) is 0 Å². The van der Waals surface area contributed by atoms with E-state index >= 15 is 0 Å². The number of hydrogen-bond donors (Lipinski definition) is 2. The Morgan fingerprint density at radius 2 is 1.10 bits per heavy atom. The minimum atomic E-state index is -1.83. The van der Waals surface area contributed by atoms with Crippen molar-refractivity contribution in [2.75, 3.05) is 0 Å². The molecule has 0 aromatic rings. The lowest BCUT2D eigenvalue weighted by molar-refractivity contribution is -0.158. The van der Waals surface area contributed by atoms with Crippen LogP contribution in [0.15, 0.2) is 24.3 Å². The summed E-state index contributed by atoms with van der Waals surface area (Å²) < 4.78 is -3.65. The number of carbonyl (C=O) groups is 2. The quantitative estimate of drug-likeness (QED) is 0.743. The van der Waals surface area contributed by atoms with E-state index in [4.69, 9.17) is 46.4 Å². The smallest absolute Gasteiger partial charge is 0.310 e. The first-order valence-corrected chi connectivity index (χ1v) is 7.19. The second-order valence-electron chi connectivity index (χ2n) is 4.80. The topological polar surface area (TPSA) is 74.6 Å². The molecule has 2 N–H and O–H groups in total. The van der Waals surface area contributed by atoms with Gasteiger partial charge >= 0.3 is 11.9 Å². The number of rotatable bonds is 2. The maximum atomic E-state index is 11.5. The van der Waals surface area contributed by atoms with Gasteiger partial charge in [-0.2, -0.15) is 0 Å². The van der Waals surface area contributed by atoms with Gasteiger partial charge in [0.05, 0.1) is 0 Å². The number of aliphatic carboxylic acids is 2. The molecule has 8 heteroatoms. The number of hydrogen-bond acceptors (Lipinski definition) is 2. The Bertz CT molecular complexity index is 466. The fourth-order valence-corrected chi connectivity index (χ4v) is 4.53. The number of fused-ring (bicyclic) bond motifs is 1. The van der Waals surface area contributed by atoms with Gasteiger partial charge in [0.15, 0.2) is 0 Å². The van der Waals surface area contributed by atoms with Gasteiger partial charge in [0.2, 0.25) is 0 Å². The molecule has 4 atom stereocenters. The summed E-state index contributed by atoms with van der Waals surface area (Å²) in [6.45, 7) is 0. The molecule has 0 amide bonds. The number of carboxylic acids is 2. The van der Waals surface area contributed by atoms with Gasteiger partial charge in [-0.3, -0.25) is 9.59 Å². The van der Waals surface area contributed by atoms with Gasteiger partial charge in [-0.05, 0) is 0 Å². The minimum absolute atomic E-state index is 0.692. The van der Waals surface area contributed by atoms with Crippen LogP contribution in [0.3, 0.4) is 0 Å². The van der Waals surface area contributed by atoms with Crippen molar-refractivity contribution in [3.63, 3.8) is 0 Å². The van der Waals surface area contributed by atoms with Crippen molar-refractivity contribution in [3.05, 3.63) is 24.3 Å². The van der Waals surface area contributed by atoms with Crippen molar-refractivity contribution < 1.29 is 19.8 Å². The lowest BCUT2D eigenvalue weighted by Gasteiger charge is -2.51. The number of carboxylic acid groups (broad SMARTS) is 2. The van der Waals surface area contributed by atoms with Gasteiger partial charge in [-0.1, -0.05) is 70.7 Å². The van der Waals surface area contributed by atoms with Gasteiger partial charge in [-0.25, -0.2) is 0 Å². The van der Waals surface area contributed by atoms with E-state index in [-0.39, 0.29) is 0 Å². The van der Waals surface area contributed by atoms with Crippen molar-refractivity contribution in [1.29, 1.82) is 0 Å². The summed E-state index contributed by atoms with van der Waals surface area (Å²) in [5.74, 6) is -7.54. The third-order valence-electron chi connectivity index (χ3n) is 3.72. The summed E-state index contributed by atoms with van der Waals surface area (Å²) >= 11 is 24.8. The zero-order chi connectivity index (χ0) is 15.3. The summed E-state index contributed by atoms with van der Waals surface area (Å²) in [7, 11) is 0. The first-order chi connectivity index (χ1) is 9.11. The van der Waals surface area contributed by atoms with Crippen LogP contribution in [0.2, 0.25) is 0 Å². The largest absolute Gasteiger partial charge is 0.481 e. The summed E-state index contributed by atoms with van der Waals surface area (Å²) in [4.78, 5) is 22.9. The standard InChI is InChI=1S/C12H10Cl4O4/c13-11(14)5-3-1-2-4-6(5)12(15,16)8(10(19)20)7(11)9(17)18/h1-8H,(H,17,18)(H,19,20). The molecule has 4 unspecified atom stereocenters. The second kappa shape index (κ2) is 5.09. The average molecular weight is 360 g/mol. The molecule has 110 valence electrons. The van der Waals surface area contributed by atoms with E-state index in [0.717, 1.165) is 0 Å². The molecule has 0 saturated heterocycles. The molecule has 1 fully saturated rings. The van der Waals surface area contributed by atoms with Crippen LogP contribution in [0.5, 0.6) is 0 Å². The Balaban J connectivity index is 2.62. The highest BCUT2D eigenvalue weighted by Crippen LogP contribution is 2.61. The highest BCUT2D eigenvalue weighted by Gasteiger charge is 2.67. The maximum Gasteiger partial charge on any atom is 0.310 e. The highest BCUT2D eigenvalue weighted by molar-refractivity contribution is 6.53. The van der Waals surface area contributed by atoms with Crippen LogP contribution in [-0.4, -0.2) is 30.8 Å². The Morgan fingerprint density at radius 1 is 0.800 bits per heavy atom. The van der Waals surface area contributed by atoms with Crippen LogP contribution >= 0.6 is 46.4 Å². The van der Waals surface area contributed by atoms with Crippen LogP contribution in [-0.2, 0) is 9.59 Å². The van der Waals surface area contributed by atoms with Crippen molar-refractivity contribution in [1.82, 2.24) is 0 Å². The molecule has 2 aliphatic carbocycles. The van der Waals surface area contributed by atoms with Crippen LogP contribution in [0.25, 0.3) is 0 Å². The molecule has 4 nitrogen and oxygen atoms in total. The number of halogens is 4. The normalized spacial score (nSPS) is 37.2. The van der Waals surface area contributed by atoms with E-state index in [0.29, 0.717) is 0 Å². The lowest BCUT2D eigenvalue weighted by Crippen LogP contribution is -2.61. The number of alkyl halides is 4. The third-order valence-corrected chi connectivity index (χ3v) is 5.67. The van der Waals surface area contributed by atoms with E-state index in [1.807, 2.05) is 0 Å². The maximum absolute atomic E-state index is 11.5. The number of allylic oxidation sites excluding steroid dienone is 4. The SMILES string of the molecule is O=C(O)C1C(C(=O)O)C(Cl)(Cl)C2C=CC=CC2C1(Cl)Cl. The summed E-state index contributed by atoms with van der Waals surface area (Å²) in [6, 6.07) is 0. The van der Waals surface area contributed by atoms with Gasteiger partial charge < -0.3 is 10.2 Å². The minimum Gasteiger partial charge on any atom is -0.481 e.